The van der Waals surface area contributed by atoms with Gasteiger partial charge in [-0.25, -0.2) is 9.97 Å². The maximum absolute atomic E-state index is 12.8. The van der Waals surface area contributed by atoms with Gasteiger partial charge in [-0.3, -0.25) is 4.90 Å². The Morgan fingerprint density at radius 1 is 1.13 bits per heavy atom. The summed E-state index contributed by atoms with van der Waals surface area (Å²) in [5, 5.41) is 2.02. The van der Waals surface area contributed by atoms with Crippen LogP contribution in [0.25, 0.3) is 0 Å². The van der Waals surface area contributed by atoms with Crippen LogP contribution in [0.15, 0.2) is 29.1 Å². The monoisotopic (exact) mass is 342 g/mol. The van der Waals surface area contributed by atoms with E-state index in [1.807, 2.05) is 15.8 Å². The van der Waals surface area contributed by atoms with Crippen molar-refractivity contribution < 1.29 is 13.2 Å². The van der Waals surface area contributed by atoms with Gasteiger partial charge in [0, 0.05) is 38.1 Å². The molecule has 2 aromatic heterocycles. The van der Waals surface area contributed by atoms with Crippen LogP contribution < -0.4 is 4.90 Å². The largest absolute Gasteiger partial charge is 0.433 e. The molecule has 124 valence electrons. The zero-order valence-corrected chi connectivity index (χ0v) is 13.3. The quantitative estimate of drug-likeness (QED) is 0.857. The highest BCUT2D eigenvalue weighted by molar-refractivity contribution is 7.07. The van der Waals surface area contributed by atoms with Crippen molar-refractivity contribution >= 4 is 17.2 Å². The summed E-state index contributed by atoms with van der Waals surface area (Å²) in [5.41, 5.74) is 2.02. The van der Waals surface area contributed by atoms with Gasteiger partial charge in [0.1, 0.15) is 11.5 Å². The average Bonchev–Trinajstić information content (AvgIpc) is 2.91. The van der Waals surface area contributed by atoms with Crippen LogP contribution in [-0.2, 0) is 12.7 Å². The van der Waals surface area contributed by atoms with E-state index in [9.17, 15) is 13.2 Å². The Kier molecular flexibility index (Phi) is 4.82. The molecule has 0 atom stereocenters. The number of hydrogen-bond acceptors (Lipinski definition) is 5. The second kappa shape index (κ2) is 6.84. The van der Waals surface area contributed by atoms with Crippen LogP contribution in [0.1, 0.15) is 17.8 Å². The van der Waals surface area contributed by atoms with Crippen LogP contribution in [0.2, 0.25) is 0 Å². The highest BCUT2D eigenvalue weighted by atomic mass is 32.1. The van der Waals surface area contributed by atoms with E-state index in [1.54, 1.807) is 17.4 Å². The van der Waals surface area contributed by atoms with Gasteiger partial charge in [-0.1, -0.05) is 6.07 Å². The first-order chi connectivity index (χ1) is 11.0. The zero-order chi connectivity index (χ0) is 16.3. The van der Waals surface area contributed by atoms with Crippen molar-refractivity contribution in [2.24, 2.45) is 0 Å². The van der Waals surface area contributed by atoms with Gasteiger partial charge in [0.2, 0.25) is 0 Å². The SMILES string of the molecule is FC(F)(F)c1cccc(N2CCCN(Cc3cscn3)CC2)n1. The second-order valence-electron chi connectivity index (χ2n) is 5.48. The summed E-state index contributed by atoms with van der Waals surface area (Å²) < 4.78 is 38.4. The molecule has 0 spiro atoms. The zero-order valence-electron chi connectivity index (χ0n) is 12.5. The summed E-state index contributed by atoms with van der Waals surface area (Å²) in [5.74, 6) is 0.398. The lowest BCUT2D eigenvalue weighted by molar-refractivity contribution is -0.141. The van der Waals surface area contributed by atoms with Gasteiger partial charge in [0.05, 0.1) is 11.2 Å². The predicted molar refractivity (Wildman–Crippen MR) is 83.5 cm³/mol. The Bertz CT molecular complexity index is 630. The molecule has 0 N–H and O–H groups in total. The van der Waals surface area contributed by atoms with Crippen molar-refractivity contribution in [3.63, 3.8) is 0 Å². The van der Waals surface area contributed by atoms with Crippen LogP contribution in [0, 0.1) is 0 Å². The Hall–Kier alpha value is -1.67. The molecule has 0 radical (unpaired) electrons. The fourth-order valence-corrected chi connectivity index (χ4v) is 3.21. The summed E-state index contributed by atoms with van der Waals surface area (Å²) in [4.78, 5) is 12.3. The lowest BCUT2D eigenvalue weighted by Crippen LogP contribution is -2.31. The second-order valence-corrected chi connectivity index (χ2v) is 6.19. The Morgan fingerprint density at radius 3 is 2.74 bits per heavy atom. The molecule has 8 heteroatoms. The third-order valence-electron chi connectivity index (χ3n) is 3.81. The van der Waals surface area contributed by atoms with Crippen molar-refractivity contribution in [1.29, 1.82) is 0 Å². The molecule has 0 saturated carbocycles. The van der Waals surface area contributed by atoms with E-state index in [4.69, 9.17) is 0 Å². The summed E-state index contributed by atoms with van der Waals surface area (Å²) in [6.45, 7) is 3.86. The molecular formula is C15H17F3N4S. The summed E-state index contributed by atoms with van der Waals surface area (Å²) in [6.07, 6.45) is -3.51. The first-order valence-electron chi connectivity index (χ1n) is 7.41. The van der Waals surface area contributed by atoms with E-state index in [0.29, 0.717) is 18.9 Å². The lowest BCUT2D eigenvalue weighted by Gasteiger charge is -2.23. The number of thiazole rings is 1. The van der Waals surface area contributed by atoms with Gasteiger partial charge >= 0.3 is 6.18 Å². The summed E-state index contributed by atoms with van der Waals surface area (Å²) in [7, 11) is 0. The first-order valence-corrected chi connectivity index (χ1v) is 8.35. The van der Waals surface area contributed by atoms with Crippen molar-refractivity contribution in [2.45, 2.75) is 19.1 Å². The van der Waals surface area contributed by atoms with Crippen molar-refractivity contribution in [3.8, 4) is 0 Å². The number of aromatic nitrogens is 2. The maximum atomic E-state index is 12.8. The van der Waals surface area contributed by atoms with E-state index in [1.165, 1.54) is 6.07 Å². The fraction of sp³-hybridized carbons (Fsp3) is 0.467. The van der Waals surface area contributed by atoms with Crippen molar-refractivity contribution in [3.05, 3.63) is 40.5 Å². The van der Waals surface area contributed by atoms with Gasteiger partial charge in [-0.2, -0.15) is 13.2 Å². The molecule has 3 rings (SSSR count). The van der Waals surface area contributed by atoms with Crippen LogP contribution in [0.5, 0.6) is 0 Å². The van der Waals surface area contributed by atoms with E-state index in [2.05, 4.69) is 14.9 Å². The molecule has 1 aliphatic heterocycles. The number of halogens is 3. The summed E-state index contributed by atoms with van der Waals surface area (Å²) in [6, 6.07) is 4.07. The van der Waals surface area contributed by atoms with Gasteiger partial charge < -0.3 is 4.90 Å². The number of rotatable bonds is 3. The topological polar surface area (TPSA) is 32.3 Å². The normalized spacial score (nSPS) is 17.3. The predicted octanol–water partition coefficient (Wildman–Crippen LogP) is 3.27. The molecule has 0 aromatic carbocycles. The van der Waals surface area contributed by atoms with E-state index in [-0.39, 0.29) is 0 Å². The minimum absolute atomic E-state index is 0.398. The molecule has 1 fully saturated rings. The number of nitrogens with zero attached hydrogens (tertiary/aromatic N) is 4. The van der Waals surface area contributed by atoms with E-state index < -0.39 is 11.9 Å². The standard InChI is InChI=1S/C15H17F3N4S/c16-15(17,18)13-3-1-4-14(20-13)22-6-2-5-21(7-8-22)9-12-10-23-11-19-12/h1,3-4,10-11H,2,5-9H2. The van der Waals surface area contributed by atoms with Crippen molar-refractivity contribution in [2.75, 3.05) is 31.1 Å². The van der Waals surface area contributed by atoms with Gasteiger partial charge in [-0.05, 0) is 18.6 Å². The van der Waals surface area contributed by atoms with Crippen molar-refractivity contribution in [1.82, 2.24) is 14.9 Å². The van der Waals surface area contributed by atoms with E-state index >= 15 is 0 Å². The lowest BCUT2D eigenvalue weighted by atomic mass is 10.3. The third-order valence-corrected chi connectivity index (χ3v) is 4.44. The van der Waals surface area contributed by atoms with Crippen LogP contribution in [0.4, 0.5) is 19.0 Å². The number of pyridine rings is 1. The molecule has 3 heterocycles. The van der Waals surface area contributed by atoms with Gasteiger partial charge in [0.25, 0.3) is 0 Å². The Balaban J connectivity index is 1.66. The highest BCUT2D eigenvalue weighted by Crippen LogP contribution is 2.29. The number of hydrogen-bond donors (Lipinski definition) is 0. The molecule has 0 aliphatic carbocycles. The minimum Gasteiger partial charge on any atom is -0.355 e. The molecular weight excluding hydrogens is 325 g/mol. The van der Waals surface area contributed by atoms with Crippen LogP contribution >= 0.6 is 11.3 Å². The Labute approximate surface area is 136 Å². The molecule has 0 bridgehead atoms. The van der Waals surface area contributed by atoms with E-state index in [0.717, 1.165) is 37.8 Å². The molecule has 1 aliphatic rings. The minimum atomic E-state index is -4.40. The van der Waals surface area contributed by atoms with Crippen LogP contribution in [0.3, 0.4) is 0 Å². The first kappa shape index (κ1) is 16.2. The summed E-state index contributed by atoms with van der Waals surface area (Å²) >= 11 is 1.57. The fourth-order valence-electron chi connectivity index (χ4n) is 2.66. The molecule has 0 unspecified atom stereocenters. The number of anilines is 1. The smallest absolute Gasteiger partial charge is 0.355 e. The third kappa shape index (κ3) is 4.20. The molecule has 0 amide bonds. The van der Waals surface area contributed by atoms with Crippen LogP contribution in [-0.4, -0.2) is 41.0 Å². The highest BCUT2D eigenvalue weighted by Gasteiger charge is 2.33. The number of alkyl halides is 3. The maximum Gasteiger partial charge on any atom is 0.433 e. The molecule has 2 aromatic rings. The average molecular weight is 342 g/mol. The molecule has 23 heavy (non-hydrogen) atoms. The molecule has 1 saturated heterocycles. The Morgan fingerprint density at radius 2 is 2.00 bits per heavy atom. The molecule has 4 nitrogen and oxygen atoms in total. The van der Waals surface area contributed by atoms with Gasteiger partial charge in [-0.15, -0.1) is 11.3 Å². The van der Waals surface area contributed by atoms with Gasteiger partial charge in [0.15, 0.2) is 0 Å².